The number of ketones is 1. The number of carbonyl (C=O) groups excluding carboxylic acids is 1. The Hall–Kier alpha value is -0.450. The fourth-order valence-electron chi connectivity index (χ4n) is 2.54. The van der Waals surface area contributed by atoms with Crippen molar-refractivity contribution in [3.63, 3.8) is 0 Å². The van der Waals surface area contributed by atoms with Crippen LogP contribution in [0.5, 0.6) is 0 Å². The minimum Gasteiger partial charge on any atom is -0.306 e. The molecule has 0 saturated carbocycles. The molecule has 0 amide bonds. The first kappa shape index (κ1) is 11.0. The van der Waals surface area contributed by atoms with Crippen molar-refractivity contribution in [2.75, 3.05) is 46.8 Å². The number of hydrogen-bond acceptors (Lipinski definition) is 4. The molecule has 0 aromatic carbocycles. The van der Waals surface area contributed by atoms with Gasteiger partial charge in [0.1, 0.15) is 0 Å². The Morgan fingerprint density at radius 1 is 1.20 bits per heavy atom. The number of piperazine rings is 1. The van der Waals surface area contributed by atoms with Crippen LogP contribution in [-0.2, 0) is 4.79 Å². The van der Waals surface area contributed by atoms with Gasteiger partial charge in [0.05, 0.1) is 6.04 Å². The first-order chi connectivity index (χ1) is 7.16. The molecule has 0 radical (unpaired) electrons. The smallest absolute Gasteiger partial charge is 0.155 e. The van der Waals surface area contributed by atoms with E-state index in [2.05, 4.69) is 29.2 Å². The van der Waals surface area contributed by atoms with E-state index >= 15 is 0 Å². The van der Waals surface area contributed by atoms with Crippen LogP contribution in [0.2, 0.25) is 0 Å². The van der Waals surface area contributed by atoms with Crippen LogP contribution in [-0.4, -0.2) is 68.4 Å². The number of carbonyl (C=O) groups is 1. The van der Waals surface area contributed by atoms with Gasteiger partial charge in [-0.2, -0.15) is 0 Å². The number of likely N-dealkylation sites (N-methyl/N-ethyl adjacent to an activating group) is 1. The average molecular weight is 211 g/mol. The van der Waals surface area contributed by atoms with E-state index in [4.69, 9.17) is 0 Å². The second-order valence-electron chi connectivity index (χ2n) is 4.92. The molecular weight excluding hydrogens is 190 g/mol. The number of likely N-dealkylation sites (tertiary alicyclic amines) is 1. The number of Topliss-reactive ketones (excluding diaryl/α,β-unsaturated/α-hetero) is 1. The Labute approximate surface area is 91.6 Å². The molecule has 0 bridgehead atoms. The third kappa shape index (κ3) is 2.56. The SMILES string of the molecule is CN1CCC(C(=O)C2CN(C)CCN2)C1. The van der Waals surface area contributed by atoms with Gasteiger partial charge in [-0.05, 0) is 27.1 Å². The monoisotopic (exact) mass is 211 g/mol. The molecular formula is C11H21N3O. The predicted octanol–water partition coefficient (Wildman–Crippen LogP) is -0.589. The van der Waals surface area contributed by atoms with Gasteiger partial charge in [-0.3, -0.25) is 4.79 Å². The second-order valence-corrected chi connectivity index (χ2v) is 4.92. The lowest BCUT2D eigenvalue weighted by atomic mass is 9.96. The maximum atomic E-state index is 12.2. The lowest BCUT2D eigenvalue weighted by Crippen LogP contribution is -2.54. The highest BCUT2D eigenvalue weighted by atomic mass is 16.1. The summed E-state index contributed by atoms with van der Waals surface area (Å²) in [5, 5.41) is 3.33. The largest absolute Gasteiger partial charge is 0.306 e. The van der Waals surface area contributed by atoms with E-state index in [9.17, 15) is 4.79 Å². The molecule has 0 aromatic heterocycles. The van der Waals surface area contributed by atoms with Gasteiger partial charge >= 0.3 is 0 Å². The fourth-order valence-corrected chi connectivity index (χ4v) is 2.54. The number of rotatable bonds is 2. The van der Waals surface area contributed by atoms with Crippen molar-refractivity contribution in [1.29, 1.82) is 0 Å². The zero-order valence-electron chi connectivity index (χ0n) is 9.70. The summed E-state index contributed by atoms with van der Waals surface area (Å²) in [5.41, 5.74) is 0. The summed E-state index contributed by atoms with van der Waals surface area (Å²) in [6, 6.07) is 0.0697. The molecule has 0 spiro atoms. The van der Waals surface area contributed by atoms with E-state index in [1.807, 2.05) is 0 Å². The molecule has 4 nitrogen and oxygen atoms in total. The highest BCUT2D eigenvalue weighted by molar-refractivity contribution is 5.87. The Bertz CT molecular complexity index is 244. The van der Waals surface area contributed by atoms with Gasteiger partial charge in [0.15, 0.2) is 5.78 Å². The zero-order chi connectivity index (χ0) is 10.8. The summed E-state index contributed by atoms with van der Waals surface area (Å²) in [6.07, 6.45) is 1.04. The van der Waals surface area contributed by atoms with Gasteiger partial charge in [-0.1, -0.05) is 0 Å². The molecule has 2 aliphatic rings. The molecule has 2 atom stereocenters. The third-order valence-corrected chi connectivity index (χ3v) is 3.52. The molecule has 2 saturated heterocycles. The van der Waals surface area contributed by atoms with Crippen molar-refractivity contribution in [3.8, 4) is 0 Å². The Balaban J connectivity index is 1.89. The molecule has 2 fully saturated rings. The first-order valence-electron chi connectivity index (χ1n) is 5.81. The molecule has 0 aliphatic carbocycles. The minimum atomic E-state index is 0.0697. The van der Waals surface area contributed by atoms with Crippen molar-refractivity contribution in [1.82, 2.24) is 15.1 Å². The van der Waals surface area contributed by atoms with Crippen LogP contribution in [0.3, 0.4) is 0 Å². The Morgan fingerprint density at radius 3 is 2.53 bits per heavy atom. The van der Waals surface area contributed by atoms with E-state index < -0.39 is 0 Å². The maximum Gasteiger partial charge on any atom is 0.155 e. The van der Waals surface area contributed by atoms with Crippen molar-refractivity contribution >= 4 is 5.78 Å². The normalized spacial score (nSPS) is 34.5. The van der Waals surface area contributed by atoms with Crippen LogP contribution in [0.4, 0.5) is 0 Å². The molecule has 4 heteroatoms. The summed E-state index contributed by atoms with van der Waals surface area (Å²) in [5.74, 6) is 0.685. The van der Waals surface area contributed by atoms with Gasteiger partial charge in [0.2, 0.25) is 0 Å². The van der Waals surface area contributed by atoms with Crippen molar-refractivity contribution < 1.29 is 4.79 Å². The molecule has 2 rings (SSSR count). The lowest BCUT2D eigenvalue weighted by Gasteiger charge is -2.31. The van der Waals surface area contributed by atoms with Crippen LogP contribution < -0.4 is 5.32 Å². The van der Waals surface area contributed by atoms with Gasteiger partial charge in [0.25, 0.3) is 0 Å². The topological polar surface area (TPSA) is 35.6 Å². The zero-order valence-corrected chi connectivity index (χ0v) is 9.70. The minimum absolute atomic E-state index is 0.0697. The quantitative estimate of drug-likeness (QED) is 0.662. The average Bonchev–Trinajstić information content (AvgIpc) is 2.64. The molecule has 2 aliphatic heterocycles. The number of nitrogens with one attached hydrogen (secondary N) is 1. The van der Waals surface area contributed by atoms with Gasteiger partial charge in [-0.15, -0.1) is 0 Å². The number of hydrogen-bond donors (Lipinski definition) is 1. The van der Waals surface area contributed by atoms with Gasteiger partial charge < -0.3 is 15.1 Å². The Morgan fingerprint density at radius 2 is 1.93 bits per heavy atom. The van der Waals surface area contributed by atoms with Crippen LogP contribution in [0.25, 0.3) is 0 Å². The van der Waals surface area contributed by atoms with E-state index in [1.165, 1.54) is 0 Å². The third-order valence-electron chi connectivity index (χ3n) is 3.52. The summed E-state index contributed by atoms with van der Waals surface area (Å²) in [7, 11) is 4.18. The fraction of sp³-hybridized carbons (Fsp3) is 0.909. The lowest BCUT2D eigenvalue weighted by molar-refractivity contribution is -0.125. The molecule has 2 heterocycles. The number of nitrogens with zero attached hydrogens (tertiary/aromatic N) is 2. The molecule has 0 aromatic rings. The molecule has 2 unspecified atom stereocenters. The van der Waals surface area contributed by atoms with Crippen molar-refractivity contribution in [3.05, 3.63) is 0 Å². The van der Waals surface area contributed by atoms with E-state index in [0.717, 1.165) is 39.1 Å². The molecule has 1 N–H and O–H groups in total. The van der Waals surface area contributed by atoms with Gasteiger partial charge in [-0.25, -0.2) is 0 Å². The first-order valence-corrected chi connectivity index (χ1v) is 5.81. The van der Waals surface area contributed by atoms with Crippen LogP contribution >= 0.6 is 0 Å². The standard InChI is InChI=1S/C11H21N3O/c1-13-5-3-9(7-13)11(15)10-8-14(2)6-4-12-10/h9-10,12H,3-8H2,1-2H3. The summed E-state index contributed by atoms with van der Waals surface area (Å²) in [6.45, 7) is 4.88. The van der Waals surface area contributed by atoms with Crippen LogP contribution in [0, 0.1) is 5.92 Å². The highest BCUT2D eigenvalue weighted by Gasteiger charge is 2.32. The second kappa shape index (κ2) is 4.60. The van der Waals surface area contributed by atoms with E-state index in [1.54, 1.807) is 0 Å². The van der Waals surface area contributed by atoms with Crippen LogP contribution in [0.1, 0.15) is 6.42 Å². The van der Waals surface area contributed by atoms with Crippen molar-refractivity contribution in [2.45, 2.75) is 12.5 Å². The summed E-state index contributed by atoms with van der Waals surface area (Å²) < 4.78 is 0. The van der Waals surface area contributed by atoms with E-state index in [0.29, 0.717) is 5.78 Å². The summed E-state index contributed by atoms with van der Waals surface area (Å²) in [4.78, 5) is 16.7. The van der Waals surface area contributed by atoms with E-state index in [-0.39, 0.29) is 12.0 Å². The highest BCUT2D eigenvalue weighted by Crippen LogP contribution is 2.17. The molecule has 15 heavy (non-hydrogen) atoms. The van der Waals surface area contributed by atoms with Gasteiger partial charge in [0, 0.05) is 32.1 Å². The van der Waals surface area contributed by atoms with Crippen LogP contribution in [0.15, 0.2) is 0 Å². The summed E-state index contributed by atoms with van der Waals surface area (Å²) >= 11 is 0. The maximum absolute atomic E-state index is 12.2. The van der Waals surface area contributed by atoms with Crippen molar-refractivity contribution in [2.24, 2.45) is 5.92 Å². The predicted molar refractivity (Wildman–Crippen MR) is 59.9 cm³/mol. The molecule has 86 valence electrons. The Kier molecular flexibility index (Phi) is 3.38.